The number of amides is 2. The Morgan fingerprint density at radius 3 is 2.65 bits per heavy atom. The minimum absolute atomic E-state index is 0.355. The third-order valence-corrected chi connectivity index (χ3v) is 4.10. The molecule has 1 aromatic carbocycles. The quantitative estimate of drug-likeness (QED) is 0.937. The number of rotatable bonds is 4. The van der Waals surface area contributed by atoms with Crippen molar-refractivity contribution >= 4 is 28.2 Å². The molecule has 0 aliphatic rings. The van der Waals surface area contributed by atoms with Gasteiger partial charge in [0.1, 0.15) is 5.75 Å². The van der Waals surface area contributed by atoms with Crippen molar-refractivity contribution in [1.29, 1.82) is 0 Å². The second-order valence-corrected chi connectivity index (χ2v) is 5.59. The number of methoxy groups -OCH3 is 1. The highest BCUT2D eigenvalue weighted by molar-refractivity contribution is 7.16. The molecule has 0 bridgehead atoms. The number of nitrogens with two attached hydrogens (primary N) is 1. The Balaban J connectivity index is 2.48. The van der Waals surface area contributed by atoms with E-state index in [4.69, 9.17) is 10.5 Å². The van der Waals surface area contributed by atoms with Gasteiger partial charge in [0.25, 0.3) is 0 Å². The van der Waals surface area contributed by atoms with E-state index in [0.717, 1.165) is 4.88 Å². The van der Waals surface area contributed by atoms with Crippen LogP contribution in [0.1, 0.15) is 24.6 Å². The first-order valence-electron chi connectivity index (χ1n) is 6.23. The summed E-state index contributed by atoms with van der Waals surface area (Å²) in [6, 6.07) is 6.63. The van der Waals surface area contributed by atoms with E-state index in [9.17, 15) is 4.79 Å². The van der Waals surface area contributed by atoms with Gasteiger partial charge in [0, 0.05) is 11.1 Å². The topological polar surface area (TPSA) is 68.5 Å². The third kappa shape index (κ3) is 2.75. The number of urea groups is 1. The van der Waals surface area contributed by atoms with Gasteiger partial charge in [-0.3, -0.25) is 0 Å². The Morgan fingerprint density at radius 2 is 2.10 bits per heavy atom. The standard InChI is InChI=1S/C14H17N3O2S/c1-9(2)12-8-16-14(20-12)17(13(15)18)10-6-4-5-7-11(10)19-3/h4-9H,1-3H3,(H2,15,18). The Bertz CT molecular complexity index is 610. The molecule has 0 saturated heterocycles. The van der Waals surface area contributed by atoms with E-state index in [2.05, 4.69) is 18.8 Å². The van der Waals surface area contributed by atoms with Crippen LogP contribution in [0.25, 0.3) is 0 Å². The summed E-state index contributed by atoms with van der Waals surface area (Å²) in [5.41, 5.74) is 6.10. The summed E-state index contributed by atoms with van der Waals surface area (Å²) >= 11 is 1.45. The van der Waals surface area contributed by atoms with Crippen molar-refractivity contribution in [2.45, 2.75) is 19.8 Å². The number of carbonyl (C=O) groups excluding carboxylic acids is 1. The van der Waals surface area contributed by atoms with E-state index in [1.807, 2.05) is 12.1 Å². The maximum Gasteiger partial charge on any atom is 0.325 e. The van der Waals surface area contributed by atoms with Crippen LogP contribution in [-0.4, -0.2) is 18.1 Å². The maximum absolute atomic E-state index is 11.8. The van der Waals surface area contributed by atoms with Gasteiger partial charge in [-0.25, -0.2) is 14.7 Å². The number of thiazole rings is 1. The number of benzene rings is 1. The number of nitrogens with zero attached hydrogens (tertiary/aromatic N) is 2. The number of carbonyl (C=O) groups is 1. The molecule has 2 N–H and O–H groups in total. The predicted molar refractivity (Wildman–Crippen MR) is 80.9 cm³/mol. The fraction of sp³-hybridized carbons (Fsp3) is 0.286. The van der Waals surface area contributed by atoms with Crippen LogP contribution in [-0.2, 0) is 0 Å². The summed E-state index contributed by atoms with van der Waals surface area (Å²) in [5, 5.41) is 0.547. The van der Waals surface area contributed by atoms with E-state index in [0.29, 0.717) is 22.5 Å². The van der Waals surface area contributed by atoms with Gasteiger partial charge in [-0.2, -0.15) is 0 Å². The summed E-state index contributed by atoms with van der Waals surface area (Å²) < 4.78 is 5.28. The van der Waals surface area contributed by atoms with Crippen molar-refractivity contribution in [2.24, 2.45) is 5.73 Å². The maximum atomic E-state index is 11.8. The molecule has 0 saturated carbocycles. The van der Waals surface area contributed by atoms with Crippen LogP contribution in [0.3, 0.4) is 0 Å². The molecule has 0 fully saturated rings. The number of ether oxygens (including phenoxy) is 1. The highest BCUT2D eigenvalue weighted by Crippen LogP contribution is 2.36. The summed E-state index contributed by atoms with van der Waals surface area (Å²) in [6.07, 6.45) is 1.77. The van der Waals surface area contributed by atoms with Gasteiger partial charge in [0.15, 0.2) is 5.13 Å². The zero-order valence-corrected chi connectivity index (χ0v) is 12.5. The molecule has 1 heterocycles. The van der Waals surface area contributed by atoms with E-state index in [-0.39, 0.29) is 0 Å². The number of primary amides is 1. The average molecular weight is 291 g/mol. The zero-order valence-electron chi connectivity index (χ0n) is 11.7. The monoisotopic (exact) mass is 291 g/mol. The van der Waals surface area contributed by atoms with Crippen molar-refractivity contribution in [1.82, 2.24) is 4.98 Å². The zero-order chi connectivity index (χ0) is 14.7. The second kappa shape index (κ2) is 5.92. The minimum atomic E-state index is -0.584. The fourth-order valence-corrected chi connectivity index (χ4v) is 2.71. The first-order chi connectivity index (χ1) is 9.54. The molecule has 106 valence electrons. The molecule has 2 rings (SSSR count). The van der Waals surface area contributed by atoms with Gasteiger partial charge in [-0.05, 0) is 18.1 Å². The first kappa shape index (κ1) is 14.3. The first-order valence-corrected chi connectivity index (χ1v) is 7.04. The molecule has 0 atom stereocenters. The van der Waals surface area contributed by atoms with Crippen molar-refractivity contribution in [3.05, 3.63) is 35.3 Å². The highest BCUT2D eigenvalue weighted by atomic mass is 32.1. The van der Waals surface area contributed by atoms with Crippen LogP contribution < -0.4 is 15.4 Å². The van der Waals surface area contributed by atoms with Crippen molar-refractivity contribution in [3.8, 4) is 5.75 Å². The molecule has 2 amide bonds. The molecule has 1 aromatic heterocycles. The van der Waals surface area contributed by atoms with E-state index < -0.39 is 6.03 Å². The molecule has 6 heteroatoms. The molecule has 0 spiro atoms. The summed E-state index contributed by atoms with van der Waals surface area (Å²) in [7, 11) is 1.55. The summed E-state index contributed by atoms with van der Waals surface area (Å²) in [6.45, 7) is 4.16. The van der Waals surface area contributed by atoms with Gasteiger partial charge >= 0.3 is 6.03 Å². The van der Waals surface area contributed by atoms with Gasteiger partial charge in [-0.15, -0.1) is 11.3 Å². The van der Waals surface area contributed by atoms with E-state index in [1.54, 1.807) is 25.4 Å². The SMILES string of the molecule is COc1ccccc1N(C(N)=O)c1ncc(C(C)C)s1. The minimum Gasteiger partial charge on any atom is -0.495 e. The predicted octanol–water partition coefficient (Wildman–Crippen LogP) is 3.49. The number of anilines is 2. The molecule has 2 aromatic rings. The van der Waals surface area contributed by atoms with Gasteiger partial charge in [0.05, 0.1) is 12.8 Å². The highest BCUT2D eigenvalue weighted by Gasteiger charge is 2.22. The molecule has 5 nitrogen and oxygen atoms in total. The average Bonchev–Trinajstić information content (AvgIpc) is 2.89. The molecule has 0 aliphatic carbocycles. The molecule has 20 heavy (non-hydrogen) atoms. The molecule has 0 unspecified atom stereocenters. The lowest BCUT2D eigenvalue weighted by Crippen LogP contribution is -2.31. The number of aromatic nitrogens is 1. The number of para-hydroxylation sites is 2. The molecular weight excluding hydrogens is 274 g/mol. The second-order valence-electron chi connectivity index (χ2n) is 4.55. The number of hydrogen-bond donors (Lipinski definition) is 1. The van der Waals surface area contributed by atoms with Gasteiger partial charge in [0.2, 0.25) is 0 Å². The largest absolute Gasteiger partial charge is 0.495 e. The fourth-order valence-electron chi connectivity index (χ4n) is 1.78. The molecular formula is C14H17N3O2S. The Kier molecular flexibility index (Phi) is 4.24. The van der Waals surface area contributed by atoms with Crippen LogP contribution in [0.5, 0.6) is 5.75 Å². The normalized spacial score (nSPS) is 10.6. The lowest BCUT2D eigenvalue weighted by Gasteiger charge is -2.19. The third-order valence-electron chi connectivity index (χ3n) is 2.82. The van der Waals surface area contributed by atoms with E-state index >= 15 is 0 Å². The van der Waals surface area contributed by atoms with Crippen molar-refractivity contribution in [3.63, 3.8) is 0 Å². The van der Waals surface area contributed by atoms with Crippen molar-refractivity contribution < 1.29 is 9.53 Å². The Morgan fingerprint density at radius 1 is 1.40 bits per heavy atom. The van der Waals surface area contributed by atoms with Crippen LogP contribution in [0.15, 0.2) is 30.5 Å². The summed E-state index contributed by atoms with van der Waals surface area (Å²) in [5.74, 6) is 0.932. The lowest BCUT2D eigenvalue weighted by molar-refractivity contribution is 0.256. The summed E-state index contributed by atoms with van der Waals surface area (Å²) in [4.78, 5) is 18.6. The van der Waals surface area contributed by atoms with E-state index in [1.165, 1.54) is 16.2 Å². The van der Waals surface area contributed by atoms with Crippen LogP contribution >= 0.6 is 11.3 Å². The van der Waals surface area contributed by atoms with Crippen molar-refractivity contribution in [2.75, 3.05) is 12.0 Å². The molecule has 0 radical (unpaired) electrons. The van der Waals surface area contributed by atoms with Crippen LogP contribution in [0, 0.1) is 0 Å². The van der Waals surface area contributed by atoms with Gasteiger partial charge < -0.3 is 10.5 Å². The Labute approximate surface area is 122 Å². The molecule has 0 aliphatic heterocycles. The van der Waals surface area contributed by atoms with Crippen LogP contribution in [0.2, 0.25) is 0 Å². The lowest BCUT2D eigenvalue weighted by atomic mass is 10.2. The Hall–Kier alpha value is -2.08. The number of hydrogen-bond acceptors (Lipinski definition) is 4. The smallest absolute Gasteiger partial charge is 0.325 e. The van der Waals surface area contributed by atoms with Gasteiger partial charge in [-0.1, -0.05) is 26.0 Å². The van der Waals surface area contributed by atoms with Crippen LogP contribution in [0.4, 0.5) is 15.6 Å².